The van der Waals surface area contributed by atoms with E-state index in [1.54, 1.807) is 6.07 Å². The van der Waals surface area contributed by atoms with Gasteiger partial charge < -0.3 is 4.74 Å². The Kier molecular flexibility index (Phi) is 3.67. The van der Waals surface area contributed by atoms with Gasteiger partial charge in [0.1, 0.15) is 5.75 Å². The van der Waals surface area contributed by atoms with Gasteiger partial charge in [0.15, 0.2) is 0 Å². The predicted molar refractivity (Wildman–Crippen MR) is 50.5 cm³/mol. The maximum Gasteiger partial charge on any atom is 0.387 e. The maximum atomic E-state index is 11.9. The summed E-state index contributed by atoms with van der Waals surface area (Å²) in [4.78, 5) is 0. The summed E-state index contributed by atoms with van der Waals surface area (Å²) in [7, 11) is 0. The van der Waals surface area contributed by atoms with Crippen LogP contribution in [0.15, 0.2) is 16.6 Å². The number of halogens is 4. The summed E-state index contributed by atoms with van der Waals surface area (Å²) in [6.45, 7) is -2.96. The molecule has 6 heteroatoms. The molecule has 0 atom stereocenters. The highest BCUT2D eigenvalue weighted by Gasteiger charge is 2.12. The summed E-state index contributed by atoms with van der Waals surface area (Å²) < 4.78 is 28.2. The van der Waals surface area contributed by atoms with Crippen LogP contribution < -0.4 is 4.74 Å². The number of hydrogen-bond acceptors (Lipinski definition) is 2. The minimum Gasteiger partial charge on any atom is -0.433 e. The summed E-state index contributed by atoms with van der Waals surface area (Å²) in [6, 6.07) is 4.36. The van der Waals surface area contributed by atoms with E-state index in [0.29, 0.717) is 4.47 Å². The number of rotatable bonds is 2. The molecular weight excluding hydrogens is 279 g/mol. The van der Waals surface area contributed by atoms with Gasteiger partial charge in [0, 0.05) is 4.47 Å². The smallest absolute Gasteiger partial charge is 0.387 e. The Morgan fingerprint density at radius 3 is 2.64 bits per heavy atom. The van der Waals surface area contributed by atoms with Crippen LogP contribution in [0.1, 0.15) is 5.56 Å². The Morgan fingerprint density at radius 2 is 2.14 bits per heavy atom. The number of benzene rings is 1. The van der Waals surface area contributed by atoms with Crippen LogP contribution in [0.2, 0.25) is 5.02 Å². The van der Waals surface area contributed by atoms with Crippen LogP contribution >= 0.6 is 27.5 Å². The van der Waals surface area contributed by atoms with Crippen molar-refractivity contribution in [2.45, 2.75) is 6.61 Å². The van der Waals surface area contributed by atoms with E-state index in [4.69, 9.17) is 16.9 Å². The van der Waals surface area contributed by atoms with Gasteiger partial charge in [-0.25, -0.2) is 0 Å². The molecule has 0 aliphatic carbocycles. The SMILES string of the molecule is N#Cc1cc(Br)c(Cl)c(OC(F)F)c1. The minimum atomic E-state index is -2.96. The minimum absolute atomic E-state index is 0.0179. The number of nitrogens with zero attached hydrogens (tertiary/aromatic N) is 1. The van der Waals surface area contributed by atoms with Crippen LogP contribution in [0.25, 0.3) is 0 Å². The predicted octanol–water partition coefficient (Wildman–Crippen LogP) is 3.58. The molecular formula is C8H3BrClF2NO. The first kappa shape index (κ1) is 11.2. The van der Waals surface area contributed by atoms with E-state index in [0.717, 1.165) is 6.07 Å². The van der Waals surface area contributed by atoms with Crippen LogP contribution in [0.4, 0.5) is 8.78 Å². The van der Waals surface area contributed by atoms with E-state index in [2.05, 4.69) is 20.7 Å². The lowest BCUT2D eigenvalue weighted by Gasteiger charge is -2.07. The molecule has 0 radical (unpaired) electrons. The van der Waals surface area contributed by atoms with Crippen molar-refractivity contribution >= 4 is 27.5 Å². The Hall–Kier alpha value is -0.860. The molecule has 0 N–H and O–H groups in total. The van der Waals surface area contributed by atoms with Crippen LogP contribution in [0.3, 0.4) is 0 Å². The van der Waals surface area contributed by atoms with Gasteiger partial charge in [0.05, 0.1) is 16.7 Å². The first-order valence-corrected chi connectivity index (χ1v) is 4.55. The summed E-state index contributed by atoms with van der Waals surface area (Å²) in [5.41, 5.74) is 0.192. The fourth-order valence-corrected chi connectivity index (χ4v) is 1.41. The summed E-state index contributed by atoms with van der Waals surface area (Å²) in [5.74, 6) is -0.215. The number of alkyl halides is 2. The standard InChI is InChI=1S/C8H3BrClF2NO/c9-5-1-4(3-13)2-6(7(5)10)14-8(11)12/h1-2,8H. The Labute approximate surface area is 92.2 Å². The molecule has 0 aliphatic heterocycles. The van der Waals surface area contributed by atoms with E-state index in [1.165, 1.54) is 6.07 Å². The summed E-state index contributed by atoms with van der Waals surface area (Å²) >= 11 is 8.67. The van der Waals surface area contributed by atoms with Crippen molar-refractivity contribution < 1.29 is 13.5 Å². The average Bonchev–Trinajstić information content (AvgIpc) is 2.11. The van der Waals surface area contributed by atoms with E-state index in [9.17, 15) is 8.78 Å². The lowest BCUT2D eigenvalue weighted by molar-refractivity contribution is -0.0498. The molecule has 74 valence electrons. The monoisotopic (exact) mass is 281 g/mol. The highest BCUT2D eigenvalue weighted by molar-refractivity contribution is 9.10. The van der Waals surface area contributed by atoms with E-state index in [1.807, 2.05) is 0 Å². The van der Waals surface area contributed by atoms with Crippen molar-refractivity contribution in [2.24, 2.45) is 0 Å². The largest absolute Gasteiger partial charge is 0.433 e. The zero-order valence-electron chi connectivity index (χ0n) is 6.60. The molecule has 0 bridgehead atoms. The van der Waals surface area contributed by atoms with Crippen molar-refractivity contribution in [1.82, 2.24) is 0 Å². The fraction of sp³-hybridized carbons (Fsp3) is 0.125. The first-order valence-electron chi connectivity index (χ1n) is 3.38. The third kappa shape index (κ3) is 2.56. The second-order valence-electron chi connectivity index (χ2n) is 2.26. The lowest BCUT2D eigenvalue weighted by Crippen LogP contribution is -2.02. The van der Waals surface area contributed by atoms with Gasteiger partial charge in [-0.05, 0) is 28.1 Å². The number of nitriles is 1. The van der Waals surface area contributed by atoms with Crippen molar-refractivity contribution in [3.63, 3.8) is 0 Å². The van der Waals surface area contributed by atoms with Crippen molar-refractivity contribution in [3.05, 3.63) is 27.2 Å². The molecule has 0 amide bonds. The molecule has 0 spiro atoms. The number of hydrogen-bond donors (Lipinski definition) is 0. The van der Waals surface area contributed by atoms with E-state index < -0.39 is 6.61 Å². The van der Waals surface area contributed by atoms with Crippen LogP contribution in [-0.2, 0) is 0 Å². The molecule has 0 fully saturated rings. The molecule has 0 heterocycles. The normalized spacial score (nSPS) is 10.0. The van der Waals surface area contributed by atoms with Crippen LogP contribution in [0, 0.1) is 11.3 Å². The quantitative estimate of drug-likeness (QED) is 0.830. The summed E-state index contributed by atoms with van der Waals surface area (Å²) in [6.07, 6.45) is 0. The molecule has 0 aromatic heterocycles. The second kappa shape index (κ2) is 4.58. The van der Waals surface area contributed by atoms with Gasteiger partial charge in [-0.1, -0.05) is 11.6 Å². The third-order valence-corrected chi connectivity index (χ3v) is 2.58. The second-order valence-corrected chi connectivity index (χ2v) is 3.49. The molecule has 14 heavy (non-hydrogen) atoms. The van der Waals surface area contributed by atoms with Crippen LogP contribution in [0.5, 0.6) is 5.75 Å². The molecule has 1 aromatic rings. The highest BCUT2D eigenvalue weighted by atomic mass is 79.9. The molecule has 2 nitrogen and oxygen atoms in total. The summed E-state index contributed by atoms with van der Waals surface area (Å²) in [5, 5.41) is 8.57. The highest BCUT2D eigenvalue weighted by Crippen LogP contribution is 2.34. The van der Waals surface area contributed by atoms with Gasteiger partial charge in [-0.15, -0.1) is 0 Å². The zero-order valence-corrected chi connectivity index (χ0v) is 8.94. The van der Waals surface area contributed by atoms with Crippen molar-refractivity contribution in [3.8, 4) is 11.8 Å². The lowest BCUT2D eigenvalue weighted by atomic mass is 10.2. The first-order chi connectivity index (χ1) is 6.54. The van der Waals surface area contributed by atoms with Crippen LogP contribution in [-0.4, -0.2) is 6.61 Å². The van der Waals surface area contributed by atoms with Gasteiger partial charge in [0.2, 0.25) is 0 Å². The molecule has 1 aromatic carbocycles. The maximum absolute atomic E-state index is 11.9. The Balaban J connectivity index is 3.15. The average molecular weight is 282 g/mol. The third-order valence-electron chi connectivity index (χ3n) is 1.34. The van der Waals surface area contributed by atoms with Gasteiger partial charge in [0.25, 0.3) is 0 Å². The van der Waals surface area contributed by atoms with Gasteiger partial charge in [-0.3, -0.25) is 0 Å². The van der Waals surface area contributed by atoms with Crippen molar-refractivity contribution in [1.29, 1.82) is 5.26 Å². The topological polar surface area (TPSA) is 33.0 Å². The molecule has 0 saturated carbocycles. The fourth-order valence-electron chi connectivity index (χ4n) is 0.810. The molecule has 1 rings (SSSR count). The van der Waals surface area contributed by atoms with Gasteiger partial charge >= 0.3 is 6.61 Å². The van der Waals surface area contributed by atoms with Crippen molar-refractivity contribution in [2.75, 3.05) is 0 Å². The Morgan fingerprint density at radius 1 is 1.50 bits per heavy atom. The van der Waals surface area contributed by atoms with E-state index >= 15 is 0 Å². The zero-order chi connectivity index (χ0) is 10.7. The number of ether oxygens (including phenoxy) is 1. The molecule has 0 saturated heterocycles. The molecule has 0 unspecified atom stereocenters. The van der Waals surface area contributed by atoms with Gasteiger partial charge in [-0.2, -0.15) is 14.0 Å². The van der Waals surface area contributed by atoms with E-state index in [-0.39, 0.29) is 16.3 Å². The Bertz CT molecular complexity index is 392. The molecule has 0 aliphatic rings.